The number of rotatable bonds is 5. The van der Waals surface area contributed by atoms with E-state index in [2.05, 4.69) is 19.2 Å². The van der Waals surface area contributed by atoms with Crippen LogP contribution in [0.1, 0.15) is 43.5 Å². The van der Waals surface area contributed by atoms with E-state index in [4.69, 9.17) is 16.3 Å². The summed E-state index contributed by atoms with van der Waals surface area (Å²) in [4.78, 5) is 24.2. The fraction of sp³-hybridized carbons (Fsp3) is 0.556. The molecular formula is C18H24ClNO5S. The molecule has 26 heavy (non-hydrogen) atoms. The Morgan fingerprint density at radius 3 is 2.62 bits per heavy atom. The highest BCUT2D eigenvalue weighted by Gasteiger charge is 2.28. The molecule has 0 radical (unpaired) electrons. The van der Waals surface area contributed by atoms with Crippen molar-refractivity contribution in [1.82, 2.24) is 5.32 Å². The van der Waals surface area contributed by atoms with Gasteiger partial charge in [-0.2, -0.15) is 0 Å². The molecule has 1 aromatic carbocycles. The molecule has 0 bridgehead atoms. The SMILES string of the molecule is C[C@@H]1[C@H](C)CCC[C@H]1NC(=O)COC(=O)c1cc(S(C)(=O)=O)ccc1Cl. The highest BCUT2D eigenvalue weighted by molar-refractivity contribution is 7.90. The van der Waals surface area contributed by atoms with Crippen LogP contribution in [0.5, 0.6) is 0 Å². The number of sulfone groups is 1. The van der Waals surface area contributed by atoms with Crippen molar-refractivity contribution in [3.05, 3.63) is 28.8 Å². The number of ether oxygens (including phenoxy) is 1. The molecule has 0 spiro atoms. The molecule has 1 N–H and O–H groups in total. The maximum absolute atomic E-state index is 12.2. The van der Waals surface area contributed by atoms with Crippen LogP contribution in [0.4, 0.5) is 0 Å². The molecule has 0 heterocycles. The van der Waals surface area contributed by atoms with Gasteiger partial charge in [0.1, 0.15) is 0 Å². The summed E-state index contributed by atoms with van der Waals surface area (Å²) in [5.74, 6) is -0.307. The van der Waals surface area contributed by atoms with Gasteiger partial charge in [0.05, 0.1) is 15.5 Å². The molecule has 1 fully saturated rings. The third kappa shape index (κ3) is 5.20. The summed E-state index contributed by atoms with van der Waals surface area (Å²) in [6, 6.07) is 3.86. The largest absolute Gasteiger partial charge is 0.452 e. The summed E-state index contributed by atoms with van der Waals surface area (Å²) in [6.45, 7) is 3.84. The average Bonchev–Trinajstić information content (AvgIpc) is 2.56. The number of hydrogen-bond acceptors (Lipinski definition) is 5. The van der Waals surface area contributed by atoms with Crippen LogP contribution in [0.25, 0.3) is 0 Å². The molecule has 2 rings (SSSR count). The minimum atomic E-state index is -3.48. The standard InChI is InChI=1S/C18H24ClNO5S/c1-11-5-4-6-16(12(11)2)20-17(21)10-25-18(22)14-9-13(26(3,23)24)7-8-15(14)19/h7-9,11-12,16H,4-6,10H2,1-3H3,(H,20,21)/t11-,12-,16-/m1/s1. The van der Waals surface area contributed by atoms with E-state index < -0.39 is 22.4 Å². The minimum absolute atomic E-state index is 0.0386. The van der Waals surface area contributed by atoms with E-state index in [1.165, 1.54) is 12.1 Å². The Kier molecular flexibility index (Phi) is 6.69. The van der Waals surface area contributed by atoms with Crippen LogP contribution in [0.3, 0.4) is 0 Å². The zero-order valence-corrected chi connectivity index (χ0v) is 16.7. The average molecular weight is 402 g/mol. The van der Waals surface area contributed by atoms with Gasteiger partial charge in [0.15, 0.2) is 16.4 Å². The molecule has 0 saturated heterocycles. The lowest BCUT2D eigenvalue weighted by atomic mass is 9.78. The topological polar surface area (TPSA) is 89.5 Å². The second kappa shape index (κ2) is 8.39. The predicted octanol–water partition coefficient (Wildman–Crippen LogP) is 2.84. The number of esters is 1. The van der Waals surface area contributed by atoms with E-state index in [9.17, 15) is 18.0 Å². The summed E-state index contributed by atoms with van der Waals surface area (Å²) in [5.41, 5.74) is -0.0814. The maximum Gasteiger partial charge on any atom is 0.340 e. The van der Waals surface area contributed by atoms with Gasteiger partial charge >= 0.3 is 5.97 Å². The highest BCUT2D eigenvalue weighted by atomic mass is 35.5. The van der Waals surface area contributed by atoms with Gasteiger partial charge in [-0.05, 0) is 36.5 Å². The fourth-order valence-electron chi connectivity index (χ4n) is 3.13. The third-order valence-electron chi connectivity index (χ3n) is 4.97. The summed E-state index contributed by atoms with van der Waals surface area (Å²) in [6.07, 6.45) is 4.15. The number of amides is 1. The number of benzene rings is 1. The molecule has 0 aliphatic heterocycles. The van der Waals surface area contributed by atoms with Crippen LogP contribution >= 0.6 is 11.6 Å². The van der Waals surface area contributed by atoms with E-state index in [-0.39, 0.29) is 27.4 Å². The van der Waals surface area contributed by atoms with Crippen molar-refractivity contribution in [2.75, 3.05) is 12.9 Å². The summed E-state index contributed by atoms with van der Waals surface area (Å²) >= 11 is 5.95. The van der Waals surface area contributed by atoms with Crippen LogP contribution < -0.4 is 5.32 Å². The van der Waals surface area contributed by atoms with Crippen molar-refractivity contribution < 1.29 is 22.7 Å². The number of carbonyl (C=O) groups is 2. The van der Waals surface area contributed by atoms with Crippen LogP contribution in [-0.4, -0.2) is 39.2 Å². The van der Waals surface area contributed by atoms with Gasteiger partial charge < -0.3 is 10.1 Å². The molecule has 6 nitrogen and oxygen atoms in total. The first-order valence-corrected chi connectivity index (χ1v) is 10.8. The number of halogens is 1. The Labute approximate surface area is 159 Å². The number of nitrogens with one attached hydrogen (secondary N) is 1. The minimum Gasteiger partial charge on any atom is -0.452 e. The summed E-state index contributed by atoms with van der Waals surface area (Å²) in [7, 11) is -3.48. The van der Waals surface area contributed by atoms with Crippen molar-refractivity contribution in [3.63, 3.8) is 0 Å². The Bertz CT molecular complexity index is 793. The molecule has 1 aromatic rings. The van der Waals surface area contributed by atoms with Crippen LogP contribution in [0.15, 0.2) is 23.1 Å². The van der Waals surface area contributed by atoms with Gasteiger partial charge in [0, 0.05) is 12.3 Å². The van der Waals surface area contributed by atoms with Gasteiger partial charge in [-0.15, -0.1) is 0 Å². The molecule has 1 amide bonds. The molecule has 1 aliphatic carbocycles. The van der Waals surface area contributed by atoms with E-state index in [0.29, 0.717) is 11.8 Å². The Morgan fingerprint density at radius 2 is 1.96 bits per heavy atom. The summed E-state index contributed by atoms with van der Waals surface area (Å²) < 4.78 is 28.2. The molecule has 1 aliphatic rings. The molecule has 0 unspecified atom stereocenters. The zero-order valence-electron chi connectivity index (χ0n) is 15.1. The van der Waals surface area contributed by atoms with Gasteiger partial charge in [-0.1, -0.05) is 38.3 Å². The Balaban J connectivity index is 1.97. The zero-order chi connectivity index (χ0) is 19.5. The first-order chi connectivity index (χ1) is 12.1. The first kappa shape index (κ1) is 20.7. The molecular weight excluding hydrogens is 378 g/mol. The summed E-state index contributed by atoms with van der Waals surface area (Å²) in [5, 5.41) is 2.98. The van der Waals surface area contributed by atoms with Gasteiger partial charge in [-0.25, -0.2) is 13.2 Å². The monoisotopic (exact) mass is 401 g/mol. The second-order valence-electron chi connectivity index (χ2n) is 6.93. The quantitative estimate of drug-likeness (QED) is 0.766. The third-order valence-corrected chi connectivity index (χ3v) is 6.41. The van der Waals surface area contributed by atoms with Crippen molar-refractivity contribution in [2.45, 2.75) is 44.0 Å². The van der Waals surface area contributed by atoms with Crippen LogP contribution in [-0.2, 0) is 19.4 Å². The lowest BCUT2D eigenvalue weighted by Crippen LogP contribution is -2.45. The van der Waals surface area contributed by atoms with E-state index in [0.717, 1.165) is 31.6 Å². The van der Waals surface area contributed by atoms with Crippen molar-refractivity contribution >= 4 is 33.3 Å². The Hall–Kier alpha value is -1.60. The van der Waals surface area contributed by atoms with Crippen LogP contribution in [0.2, 0.25) is 5.02 Å². The molecule has 0 aromatic heterocycles. The van der Waals surface area contributed by atoms with Gasteiger partial charge in [-0.3, -0.25) is 4.79 Å². The molecule has 8 heteroatoms. The second-order valence-corrected chi connectivity index (χ2v) is 9.35. The molecule has 3 atom stereocenters. The predicted molar refractivity (Wildman–Crippen MR) is 99.0 cm³/mol. The van der Waals surface area contributed by atoms with E-state index >= 15 is 0 Å². The van der Waals surface area contributed by atoms with Gasteiger partial charge in [0.25, 0.3) is 5.91 Å². The molecule has 144 valence electrons. The normalized spacial score (nSPS) is 23.3. The lowest BCUT2D eigenvalue weighted by molar-refractivity contribution is -0.125. The van der Waals surface area contributed by atoms with Crippen molar-refractivity contribution in [3.8, 4) is 0 Å². The van der Waals surface area contributed by atoms with Crippen molar-refractivity contribution in [1.29, 1.82) is 0 Å². The van der Waals surface area contributed by atoms with Gasteiger partial charge in [0.2, 0.25) is 0 Å². The fourth-order valence-corrected chi connectivity index (χ4v) is 3.98. The number of hydrogen-bond donors (Lipinski definition) is 1. The lowest BCUT2D eigenvalue weighted by Gasteiger charge is -2.34. The Morgan fingerprint density at radius 1 is 1.27 bits per heavy atom. The number of carbonyl (C=O) groups excluding carboxylic acids is 2. The highest BCUT2D eigenvalue weighted by Crippen LogP contribution is 2.29. The first-order valence-electron chi connectivity index (χ1n) is 8.55. The van der Waals surface area contributed by atoms with Crippen molar-refractivity contribution in [2.24, 2.45) is 11.8 Å². The molecule has 1 saturated carbocycles. The smallest absolute Gasteiger partial charge is 0.340 e. The maximum atomic E-state index is 12.2. The van der Waals surface area contributed by atoms with Crippen LogP contribution in [0, 0.1) is 11.8 Å². The van der Waals surface area contributed by atoms with E-state index in [1.54, 1.807) is 0 Å². The van der Waals surface area contributed by atoms with E-state index in [1.807, 2.05) is 0 Å².